The standard InChI is InChI=1S/C23H21FN2O6/c1-29-16-9-6-14(18(10-16)30-2)11-26-12-17-21(20(27)19(26)23(28)31-3)32-22(25-17)13-4-7-15(24)8-5-13/h4-10,19H,11-12H2,1-3H3. The molecule has 0 saturated carbocycles. The summed E-state index contributed by atoms with van der Waals surface area (Å²) < 4.78 is 34.5. The van der Waals surface area contributed by atoms with Crippen LogP contribution in [0.2, 0.25) is 0 Å². The third kappa shape index (κ3) is 3.94. The zero-order chi connectivity index (χ0) is 22.8. The first-order chi connectivity index (χ1) is 15.4. The van der Waals surface area contributed by atoms with Crippen molar-refractivity contribution in [2.45, 2.75) is 19.1 Å². The number of ketones is 1. The van der Waals surface area contributed by atoms with E-state index in [9.17, 15) is 14.0 Å². The number of hydrogen-bond acceptors (Lipinski definition) is 8. The van der Waals surface area contributed by atoms with Crippen molar-refractivity contribution in [3.63, 3.8) is 0 Å². The van der Waals surface area contributed by atoms with E-state index >= 15 is 0 Å². The topological polar surface area (TPSA) is 91.1 Å². The number of methoxy groups -OCH3 is 3. The van der Waals surface area contributed by atoms with Crippen molar-refractivity contribution in [3.8, 4) is 23.0 Å². The quantitative estimate of drug-likeness (QED) is 0.426. The number of aromatic nitrogens is 1. The van der Waals surface area contributed by atoms with Crippen LogP contribution in [-0.4, -0.2) is 49.0 Å². The molecule has 3 aromatic rings. The van der Waals surface area contributed by atoms with Crippen molar-refractivity contribution in [1.29, 1.82) is 0 Å². The molecule has 2 aromatic carbocycles. The maximum Gasteiger partial charge on any atom is 0.331 e. The summed E-state index contributed by atoms with van der Waals surface area (Å²) in [6, 6.07) is 9.67. The van der Waals surface area contributed by atoms with Gasteiger partial charge in [0.2, 0.25) is 11.7 Å². The van der Waals surface area contributed by atoms with Gasteiger partial charge in [-0.25, -0.2) is 14.2 Å². The summed E-state index contributed by atoms with van der Waals surface area (Å²) in [5, 5.41) is 0. The largest absolute Gasteiger partial charge is 0.497 e. The van der Waals surface area contributed by atoms with Crippen LogP contribution in [0.25, 0.3) is 11.5 Å². The van der Waals surface area contributed by atoms with Gasteiger partial charge < -0.3 is 18.6 Å². The summed E-state index contributed by atoms with van der Waals surface area (Å²) in [5.74, 6) is -0.301. The summed E-state index contributed by atoms with van der Waals surface area (Å²) >= 11 is 0. The Morgan fingerprint density at radius 3 is 2.56 bits per heavy atom. The number of fused-ring (bicyclic) bond motifs is 1. The lowest BCUT2D eigenvalue weighted by Gasteiger charge is -2.31. The fraction of sp³-hybridized carbons (Fsp3) is 0.261. The van der Waals surface area contributed by atoms with Gasteiger partial charge in [-0.15, -0.1) is 0 Å². The molecule has 0 spiro atoms. The van der Waals surface area contributed by atoms with Gasteiger partial charge in [0.15, 0.2) is 11.8 Å². The molecule has 9 heteroatoms. The van der Waals surface area contributed by atoms with E-state index in [0.29, 0.717) is 22.8 Å². The van der Waals surface area contributed by atoms with Crippen LogP contribution in [0, 0.1) is 5.82 Å². The van der Waals surface area contributed by atoms with Crippen LogP contribution in [0.3, 0.4) is 0 Å². The van der Waals surface area contributed by atoms with Gasteiger partial charge in [0.1, 0.15) is 23.0 Å². The number of Topliss-reactive ketones (excluding diaryl/α,β-unsaturated/α-hetero) is 1. The second-order valence-corrected chi connectivity index (χ2v) is 7.17. The van der Waals surface area contributed by atoms with Crippen molar-refractivity contribution in [2.24, 2.45) is 0 Å². The average molecular weight is 440 g/mol. The fourth-order valence-corrected chi connectivity index (χ4v) is 3.66. The van der Waals surface area contributed by atoms with Gasteiger partial charge in [-0.1, -0.05) is 6.07 Å². The Labute approximate surface area is 183 Å². The fourth-order valence-electron chi connectivity index (χ4n) is 3.66. The lowest BCUT2D eigenvalue weighted by molar-refractivity contribution is -0.145. The van der Waals surface area contributed by atoms with Gasteiger partial charge in [0.05, 0.1) is 21.3 Å². The molecule has 8 nitrogen and oxygen atoms in total. The van der Waals surface area contributed by atoms with Gasteiger partial charge in [-0.3, -0.25) is 9.69 Å². The van der Waals surface area contributed by atoms with Gasteiger partial charge >= 0.3 is 5.97 Å². The minimum Gasteiger partial charge on any atom is -0.497 e. The molecule has 1 aliphatic heterocycles. The third-order valence-corrected chi connectivity index (χ3v) is 5.27. The van der Waals surface area contributed by atoms with E-state index in [4.69, 9.17) is 18.6 Å². The Morgan fingerprint density at radius 2 is 1.91 bits per heavy atom. The molecular formula is C23H21FN2O6. The van der Waals surface area contributed by atoms with E-state index in [1.54, 1.807) is 30.2 Å². The predicted octanol–water partition coefficient (Wildman–Crippen LogP) is 3.24. The molecule has 166 valence electrons. The first-order valence-corrected chi connectivity index (χ1v) is 9.77. The molecule has 0 amide bonds. The molecule has 0 fully saturated rings. The number of rotatable bonds is 6. The molecule has 32 heavy (non-hydrogen) atoms. The molecule has 1 unspecified atom stereocenters. The summed E-state index contributed by atoms with van der Waals surface area (Å²) in [6.07, 6.45) is 0. The molecular weight excluding hydrogens is 419 g/mol. The van der Waals surface area contributed by atoms with Crippen LogP contribution < -0.4 is 9.47 Å². The highest BCUT2D eigenvalue weighted by molar-refractivity contribution is 6.12. The van der Waals surface area contributed by atoms with Crippen molar-refractivity contribution in [2.75, 3.05) is 21.3 Å². The highest BCUT2D eigenvalue weighted by Gasteiger charge is 2.43. The van der Waals surface area contributed by atoms with E-state index in [1.165, 1.54) is 38.5 Å². The lowest BCUT2D eigenvalue weighted by Crippen LogP contribution is -2.49. The van der Waals surface area contributed by atoms with E-state index in [1.807, 2.05) is 0 Å². The summed E-state index contributed by atoms with van der Waals surface area (Å²) in [5.41, 5.74) is 1.66. The van der Waals surface area contributed by atoms with Gasteiger partial charge in [-0.2, -0.15) is 0 Å². The van der Waals surface area contributed by atoms with E-state index in [-0.39, 0.29) is 24.7 Å². The maximum atomic E-state index is 13.3. The zero-order valence-corrected chi connectivity index (χ0v) is 17.8. The van der Waals surface area contributed by atoms with Gasteiger partial charge in [0, 0.05) is 30.3 Å². The van der Waals surface area contributed by atoms with Gasteiger partial charge in [-0.05, 0) is 30.3 Å². The molecule has 1 aliphatic rings. The minimum atomic E-state index is -1.20. The number of benzene rings is 2. The average Bonchev–Trinajstić information content (AvgIpc) is 3.24. The number of oxazole rings is 1. The molecule has 0 saturated heterocycles. The molecule has 0 N–H and O–H groups in total. The van der Waals surface area contributed by atoms with Crippen LogP contribution in [0.5, 0.6) is 11.5 Å². The zero-order valence-electron chi connectivity index (χ0n) is 17.8. The molecule has 0 bridgehead atoms. The number of ether oxygens (including phenoxy) is 3. The smallest absolute Gasteiger partial charge is 0.331 e. The second kappa shape index (κ2) is 8.80. The number of hydrogen-bond donors (Lipinski definition) is 0. The molecule has 0 radical (unpaired) electrons. The van der Waals surface area contributed by atoms with Crippen molar-refractivity contribution >= 4 is 11.8 Å². The first kappa shape index (κ1) is 21.5. The summed E-state index contributed by atoms with van der Waals surface area (Å²) in [4.78, 5) is 31.8. The Hall–Kier alpha value is -3.72. The Morgan fingerprint density at radius 1 is 1.16 bits per heavy atom. The van der Waals surface area contributed by atoms with Crippen LogP contribution in [0.15, 0.2) is 46.9 Å². The molecule has 1 aromatic heterocycles. The van der Waals surface area contributed by atoms with Crippen molar-refractivity contribution in [3.05, 3.63) is 65.3 Å². The molecule has 2 heterocycles. The minimum absolute atomic E-state index is 0.00216. The lowest BCUT2D eigenvalue weighted by atomic mass is 10.0. The number of halogens is 1. The van der Waals surface area contributed by atoms with Crippen LogP contribution >= 0.6 is 0 Å². The number of nitrogens with zero attached hydrogens (tertiary/aromatic N) is 2. The molecule has 1 atom stereocenters. The summed E-state index contributed by atoms with van der Waals surface area (Å²) in [7, 11) is 4.31. The Kier molecular flexibility index (Phi) is 5.91. The van der Waals surface area contributed by atoms with E-state index in [0.717, 1.165) is 5.56 Å². The van der Waals surface area contributed by atoms with E-state index < -0.39 is 23.6 Å². The third-order valence-electron chi connectivity index (χ3n) is 5.27. The maximum absolute atomic E-state index is 13.3. The Bertz CT molecular complexity index is 1160. The van der Waals surface area contributed by atoms with Crippen LogP contribution in [0.4, 0.5) is 4.39 Å². The SMILES string of the molecule is COC(=O)C1C(=O)c2oc(-c3ccc(F)cc3)nc2CN1Cc1ccc(OC)cc1OC. The highest BCUT2D eigenvalue weighted by atomic mass is 19.1. The van der Waals surface area contributed by atoms with Crippen molar-refractivity contribution in [1.82, 2.24) is 9.88 Å². The highest BCUT2D eigenvalue weighted by Crippen LogP contribution is 2.32. The normalized spacial score (nSPS) is 15.9. The molecule has 0 aliphatic carbocycles. The number of carbonyl (C=O) groups excluding carboxylic acids is 2. The second-order valence-electron chi connectivity index (χ2n) is 7.17. The monoisotopic (exact) mass is 440 g/mol. The van der Waals surface area contributed by atoms with E-state index in [2.05, 4.69) is 4.98 Å². The Balaban J connectivity index is 1.70. The van der Waals surface area contributed by atoms with Crippen molar-refractivity contribution < 1.29 is 32.6 Å². The van der Waals surface area contributed by atoms with Gasteiger partial charge in [0.25, 0.3) is 0 Å². The van der Waals surface area contributed by atoms with Crippen LogP contribution in [-0.2, 0) is 22.6 Å². The predicted molar refractivity (Wildman–Crippen MR) is 111 cm³/mol. The van der Waals surface area contributed by atoms with Crippen LogP contribution in [0.1, 0.15) is 21.8 Å². The molecule has 4 rings (SSSR count). The number of carbonyl (C=O) groups is 2. The summed E-state index contributed by atoms with van der Waals surface area (Å²) in [6.45, 7) is 0.386. The number of esters is 1. The first-order valence-electron chi connectivity index (χ1n) is 9.77.